The Morgan fingerprint density at radius 1 is 0.286 bits per heavy atom. The molecule has 1 spiro atoms. The maximum Gasteiger partial charge on any atom is 0.0725 e. The van der Waals surface area contributed by atoms with Crippen LogP contribution in [0.2, 0.25) is 0 Å². The summed E-state index contributed by atoms with van der Waals surface area (Å²) in [5.74, 6) is 0. The largest absolute Gasteiger partial charge is 0.0725 e. The van der Waals surface area contributed by atoms with E-state index >= 15 is 0 Å². The lowest BCUT2D eigenvalue weighted by Gasteiger charge is -2.30. The first-order chi connectivity index (χ1) is 36.8. The molecular weight excluding hydrogens is 589 g/mol. The van der Waals surface area contributed by atoms with Gasteiger partial charge >= 0.3 is 0 Å². The lowest BCUT2D eigenvalue weighted by molar-refractivity contribution is 0.794. The third-order valence-electron chi connectivity index (χ3n) is 9.00. The molecule has 11 rings (SSSR count). The minimum Gasteiger partial charge on any atom is -0.0619 e. The first-order valence-electron chi connectivity index (χ1n) is 29.8. The predicted molar refractivity (Wildman–Crippen MR) is 206 cm³/mol. The van der Waals surface area contributed by atoms with Crippen LogP contribution in [0.3, 0.4) is 0 Å². The van der Waals surface area contributed by atoms with Gasteiger partial charge in [0.25, 0.3) is 0 Å². The van der Waals surface area contributed by atoms with Crippen molar-refractivity contribution in [3.63, 3.8) is 0 Å². The van der Waals surface area contributed by atoms with Crippen molar-refractivity contribution in [2.45, 2.75) is 5.41 Å². The van der Waals surface area contributed by atoms with E-state index in [1.165, 1.54) is 0 Å². The Balaban J connectivity index is 1.35. The average Bonchev–Trinajstić information content (AvgIpc) is 1.72. The highest BCUT2D eigenvalue weighted by atomic mass is 14.5. The maximum absolute atomic E-state index is 10.2. The molecule has 0 fully saturated rings. The van der Waals surface area contributed by atoms with Crippen molar-refractivity contribution in [2.75, 3.05) is 0 Å². The van der Waals surface area contributed by atoms with Gasteiger partial charge in [0, 0.05) is 0 Å². The van der Waals surface area contributed by atoms with Gasteiger partial charge in [-0.2, -0.15) is 0 Å². The predicted octanol–water partition coefficient (Wildman–Crippen LogP) is 12.8. The van der Waals surface area contributed by atoms with Crippen LogP contribution < -0.4 is 0 Å². The number of fused-ring (bicyclic) bond motifs is 16. The van der Waals surface area contributed by atoms with E-state index < -0.39 is 286 Å². The van der Waals surface area contributed by atoms with Gasteiger partial charge in [-0.3, -0.25) is 0 Å². The van der Waals surface area contributed by atoms with Crippen molar-refractivity contribution in [1.82, 2.24) is 0 Å². The highest BCUT2D eigenvalue weighted by Gasteiger charge is 2.51. The normalized spacial score (nSPS) is 22.0. The van der Waals surface area contributed by atoms with Gasteiger partial charge in [-0.15, -0.1) is 0 Å². The molecule has 49 heavy (non-hydrogen) atoms. The summed E-state index contributed by atoms with van der Waals surface area (Å²) in [6.45, 7) is 0. The van der Waals surface area contributed by atoms with Gasteiger partial charge < -0.3 is 0 Å². The second kappa shape index (κ2) is 9.89. The van der Waals surface area contributed by atoms with E-state index in [0.717, 1.165) is 0 Å². The van der Waals surface area contributed by atoms with Crippen LogP contribution in [0.4, 0.5) is 0 Å². The summed E-state index contributed by atoms with van der Waals surface area (Å²) in [6.07, 6.45) is 0. The van der Waals surface area contributed by atoms with Crippen LogP contribution in [0.5, 0.6) is 0 Å². The second-order valence-corrected chi connectivity index (χ2v) is 11.2. The first kappa shape index (κ1) is 10.9. The quantitative estimate of drug-likeness (QED) is 0.164. The molecule has 0 amide bonds. The molecular formula is C49H30. The van der Waals surface area contributed by atoms with Gasteiger partial charge in [0.05, 0.1) is 46.5 Å². The fourth-order valence-electron chi connectivity index (χ4n) is 7.06. The number of hydrogen-bond acceptors (Lipinski definition) is 0. The van der Waals surface area contributed by atoms with Crippen LogP contribution in [0, 0.1) is 0 Å². The van der Waals surface area contributed by atoms with E-state index in [1.807, 2.05) is 0 Å². The Morgan fingerprint density at radius 3 is 1.24 bits per heavy atom. The van der Waals surface area contributed by atoms with E-state index in [0.29, 0.717) is 0 Å². The summed E-state index contributed by atoms with van der Waals surface area (Å²) in [6, 6.07) is -28.6. The molecule has 0 aromatic heterocycles. The van der Waals surface area contributed by atoms with E-state index in [-0.39, 0.29) is 0 Å². The van der Waals surface area contributed by atoms with Crippen molar-refractivity contribution in [2.24, 2.45) is 0 Å². The highest BCUT2D eigenvalue weighted by Crippen LogP contribution is 2.63. The molecule has 0 saturated heterocycles. The molecule has 0 bridgehead atoms. The van der Waals surface area contributed by atoms with Crippen LogP contribution in [0.25, 0.3) is 76.8 Å². The van der Waals surface area contributed by atoms with E-state index in [2.05, 4.69) is 0 Å². The lowest BCUT2D eigenvalue weighted by Crippen LogP contribution is -2.25. The molecule has 2 aliphatic rings. The van der Waals surface area contributed by atoms with Gasteiger partial charge in [-0.05, 0) is 105 Å². The zero-order valence-electron chi connectivity index (χ0n) is 54.5. The number of benzene rings is 9. The molecule has 0 radical (unpaired) electrons. The standard InChI is InChI=1S/C49H30/c1-2-13-37-35(12-1)36-14-3-4-18-42(36)48-34(19-11-20-43(37)48)32-26-24-31(25-27-32)33-28-29-41-40-17-7-10-23-46(40)49(47(41)30-33)44-21-8-5-15-38(44)39-16-6-9-22-45(39)49/h1-30H/i1D,2D,3D,4D,5D,6D,7D,8D,9D,10D,11D,12D,13D,14D,15D,16D,17D,18D,19D,20D,21D,22D,23D,24D,25D,26D,27D,28D,29D,30D. The molecule has 0 heteroatoms. The molecule has 0 atom stereocenters. The summed E-state index contributed by atoms with van der Waals surface area (Å²) in [5, 5.41) is -3.41. The van der Waals surface area contributed by atoms with Crippen molar-refractivity contribution < 1.29 is 41.1 Å². The zero-order chi connectivity index (χ0) is 58.2. The topological polar surface area (TPSA) is 0 Å². The monoisotopic (exact) mass is 648 g/mol. The molecule has 9 aromatic carbocycles. The SMILES string of the molecule is [2H]c1c([2H])c([2H])c2c(c1[2H])-c1c([2H])c([2H])c([2H])c([2H])c1C21c2c([2H])c([2H])c([2H])c([2H])c2-c2c([2H])c([2H])c(-c3c([2H])c([2H])c(-c4c([2H])c([2H])c([2H])c5c6c([2H])c([2H])c([2H])c([2H])c6c6c([2H])c([2H])c([2H])c([2H])c6c45)c([2H])c3[2H])c([2H])c21. The summed E-state index contributed by atoms with van der Waals surface area (Å²) in [5.41, 5.74) is -11.4. The molecule has 0 unspecified atom stereocenters. The lowest BCUT2D eigenvalue weighted by atomic mass is 9.70. The second-order valence-electron chi connectivity index (χ2n) is 11.2. The van der Waals surface area contributed by atoms with E-state index in [4.69, 9.17) is 21.9 Å². The van der Waals surface area contributed by atoms with Crippen LogP contribution >= 0.6 is 0 Å². The smallest absolute Gasteiger partial charge is 0.0619 e. The van der Waals surface area contributed by atoms with Gasteiger partial charge in [0.2, 0.25) is 0 Å². The molecule has 0 nitrogen and oxygen atoms in total. The Hall–Kier alpha value is -6.24. The molecule has 0 saturated carbocycles. The fraction of sp³-hybridized carbons (Fsp3) is 0.0204. The Morgan fingerprint density at radius 2 is 0.673 bits per heavy atom. The number of hydrogen-bond donors (Lipinski definition) is 0. The van der Waals surface area contributed by atoms with Gasteiger partial charge in [0.15, 0.2) is 0 Å². The highest BCUT2D eigenvalue weighted by molar-refractivity contribution is 6.28. The third kappa shape index (κ3) is 3.48. The van der Waals surface area contributed by atoms with E-state index in [1.54, 1.807) is 0 Å². The summed E-state index contributed by atoms with van der Waals surface area (Å²) < 4.78 is 275. The van der Waals surface area contributed by atoms with E-state index in [9.17, 15) is 19.2 Å². The molecule has 0 N–H and O–H groups in total. The maximum atomic E-state index is 10.2. The molecule has 0 aliphatic heterocycles. The van der Waals surface area contributed by atoms with Crippen LogP contribution in [-0.2, 0) is 5.41 Å². The Kier molecular flexibility index (Phi) is 2.20. The Labute approximate surface area is 327 Å². The summed E-state index contributed by atoms with van der Waals surface area (Å²) >= 11 is 0. The van der Waals surface area contributed by atoms with Gasteiger partial charge in [-0.1, -0.05) is 175 Å². The van der Waals surface area contributed by atoms with Crippen LogP contribution in [0.1, 0.15) is 63.4 Å². The molecule has 226 valence electrons. The van der Waals surface area contributed by atoms with Crippen molar-refractivity contribution in [3.8, 4) is 44.5 Å². The van der Waals surface area contributed by atoms with Crippen LogP contribution in [0.15, 0.2) is 181 Å². The fourth-order valence-corrected chi connectivity index (χ4v) is 7.06. The Bertz CT molecular complexity index is 4350. The van der Waals surface area contributed by atoms with Gasteiger partial charge in [0.1, 0.15) is 0 Å². The summed E-state index contributed by atoms with van der Waals surface area (Å²) in [4.78, 5) is 0. The number of rotatable bonds is 2. The van der Waals surface area contributed by atoms with Crippen molar-refractivity contribution >= 4 is 32.3 Å². The first-order valence-corrected chi connectivity index (χ1v) is 14.8. The van der Waals surface area contributed by atoms with Crippen LogP contribution in [-0.4, -0.2) is 0 Å². The average molecular weight is 649 g/mol. The van der Waals surface area contributed by atoms with Crippen molar-refractivity contribution in [3.05, 3.63) is 204 Å². The minimum atomic E-state index is -2.83. The van der Waals surface area contributed by atoms with Gasteiger partial charge in [-0.25, -0.2) is 0 Å². The van der Waals surface area contributed by atoms with Crippen molar-refractivity contribution in [1.29, 1.82) is 0 Å². The molecule has 9 aromatic rings. The molecule has 2 aliphatic carbocycles. The molecule has 0 heterocycles. The zero-order valence-corrected chi connectivity index (χ0v) is 24.5. The minimum absolute atomic E-state index is 0.507. The third-order valence-corrected chi connectivity index (χ3v) is 9.00. The summed E-state index contributed by atoms with van der Waals surface area (Å²) in [7, 11) is 0.